The molecule has 72 valence electrons. The highest BCUT2D eigenvalue weighted by molar-refractivity contribution is 5.10. The highest BCUT2D eigenvalue weighted by Crippen LogP contribution is 2.50. The third-order valence-corrected chi connectivity index (χ3v) is 3.23. The lowest BCUT2D eigenvalue weighted by atomic mass is 9.56. The average molecular weight is 173 g/mol. The van der Waals surface area contributed by atoms with Gasteiger partial charge in [-0.2, -0.15) is 0 Å². The average Bonchev–Trinajstić information content (AvgIpc) is 2.04. The zero-order valence-corrected chi connectivity index (χ0v) is 8.13. The Morgan fingerprint density at radius 1 is 1.58 bits per heavy atom. The van der Waals surface area contributed by atoms with Gasteiger partial charge in [0.2, 0.25) is 0 Å². The van der Waals surface area contributed by atoms with Gasteiger partial charge >= 0.3 is 0 Å². The van der Waals surface area contributed by atoms with Crippen LogP contribution in [0.15, 0.2) is 0 Å². The summed E-state index contributed by atoms with van der Waals surface area (Å²) in [5.74, 6) is 0. The first-order chi connectivity index (χ1) is 5.48. The van der Waals surface area contributed by atoms with Gasteiger partial charge in [-0.25, -0.2) is 0 Å². The monoisotopic (exact) mass is 173 g/mol. The van der Waals surface area contributed by atoms with E-state index in [1.165, 1.54) is 0 Å². The van der Waals surface area contributed by atoms with Gasteiger partial charge in [0.15, 0.2) is 0 Å². The quantitative estimate of drug-likeness (QED) is 0.654. The number of rotatable bonds is 3. The highest BCUT2D eigenvalue weighted by Gasteiger charge is 2.59. The molecular weight excluding hydrogens is 154 g/mol. The van der Waals surface area contributed by atoms with Crippen molar-refractivity contribution in [2.24, 2.45) is 11.1 Å². The Bertz CT molecular complexity index is 170. The van der Waals surface area contributed by atoms with Gasteiger partial charge < -0.3 is 15.6 Å². The van der Waals surface area contributed by atoms with Gasteiger partial charge in [-0.15, -0.1) is 0 Å². The van der Waals surface area contributed by atoms with Gasteiger partial charge in [0.1, 0.15) is 0 Å². The zero-order valence-electron chi connectivity index (χ0n) is 8.13. The molecule has 0 radical (unpaired) electrons. The number of hydrogen-bond donors (Lipinski definition) is 2. The minimum Gasteiger partial charge on any atom is -0.388 e. The van der Waals surface area contributed by atoms with E-state index in [1.807, 2.05) is 20.8 Å². The summed E-state index contributed by atoms with van der Waals surface area (Å²) in [5.41, 5.74) is 4.58. The van der Waals surface area contributed by atoms with E-state index in [9.17, 15) is 5.11 Å². The Morgan fingerprint density at radius 3 is 2.50 bits per heavy atom. The maximum absolute atomic E-state index is 9.94. The molecule has 2 atom stereocenters. The van der Waals surface area contributed by atoms with Crippen molar-refractivity contribution < 1.29 is 9.84 Å². The molecule has 0 spiro atoms. The summed E-state index contributed by atoms with van der Waals surface area (Å²) >= 11 is 0. The molecule has 0 heterocycles. The Balaban J connectivity index is 2.59. The van der Waals surface area contributed by atoms with Gasteiger partial charge in [-0.05, 0) is 6.92 Å². The Kier molecular flexibility index (Phi) is 2.47. The smallest absolute Gasteiger partial charge is 0.0869 e. The molecule has 1 fully saturated rings. The van der Waals surface area contributed by atoms with Crippen LogP contribution in [0.3, 0.4) is 0 Å². The van der Waals surface area contributed by atoms with E-state index in [2.05, 4.69) is 0 Å². The summed E-state index contributed by atoms with van der Waals surface area (Å²) in [7, 11) is 0. The highest BCUT2D eigenvalue weighted by atomic mass is 16.5. The van der Waals surface area contributed by atoms with Gasteiger partial charge in [0.05, 0.1) is 11.7 Å². The van der Waals surface area contributed by atoms with Crippen molar-refractivity contribution >= 4 is 0 Å². The minimum absolute atomic E-state index is 0.163. The molecule has 12 heavy (non-hydrogen) atoms. The summed E-state index contributed by atoms with van der Waals surface area (Å²) in [6.07, 6.45) is 0.834. The van der Waals surface area contributed by atoms with E-state index in [4.69, 9.17) is 10.5 Å². The molecule has 3 N–H and O–H groups in total. The molecule has 3 nitrogen and oxygen atoms in total. The predicted molar refractivity (Wildman–Crippen MR) is 47.8 cm³/mol. The molecule has 1 aliphatic rings. The maximum Gasteiger partial charge on any atom is 0.0869 e. The Hall–Kier alpha value is -0.120. The molecule has 0 aliphatic heterocycles. The zero-order chi connectivity index (χ0) is 9.41. The van der Waals surface area contributed by atoms with Crippen molar-refractivity contribution in [3.8, 4) is 0 Å². The van der Waals surface area contributed by atoms with Gasteiger partial charge in [-0.3, -0.25) is 0 Å². The molecule has 0 saturated heterocycles. The summed E-state index contributed by atoms with van der Waals surface area (Å²) in [6.45, 7) is 7.00. The van der Waals surface area contributed by atoms with E-state index in [0.29, 0.717) is 19.6 Å². The Labute approximate surface area is 73.9 Å². The van der Waals surface area contributed by atoms with E-state index in [0.717, 1.165) is 0 Å². The molecule has 0 aromatic heterocycles. The third kappa shape index (κ3) is 1.16. The number of aliphatic hydroxyl groups is 1. The van der Waals surface area contributed by atoms with Gasteiger partial charge in [-0.1, -0.05) is 13.8 Å². The lowest BCUT2D eigenvalue weighted by Crippen LogP contribution is -2.67. The lowest BCUT2D eigenvalue weighted by Gasteiger charge is -2.57. The first-order valence-corrected chi connectivity index (χ1v) is 4.52. The second-order valence-electron chi connectivity index (χ2n) is 4.11. The number of ether oxygens (including phenoxy) is 1. The fourth-order valence-corrected chi connectivity index (χ4v) is 1.81. The van der Waals surface area contributed by atoms with Crippen molar-refractivity contribution in [2.75, 3.05) is 13.2 Å². The van der Waals surface area contributed by atoms with Crippen LogP contribution >= 0.6 is 0 Å². The molecule has 0 aromatic rings. The first-order valence-electron chi connectivity index (χ1n) is 4.52. The summed E-state index contributed by atoms with van der Waals surface area (Å²) in [4.78, 5) is 0. The molecular formula is C9H19NO2. The van der Waals surface area contributed by atoms with E-state index in [-0.39, 0.29) is 11.5 Å². The third-order valence-electron chi connectivity index (χ3n) is 3.23. The standard InChI is InChI=1S/C9H19NO2/c1-4-12-7-5-9(11,6-10)8(7,2)3/h7,11H,4-6,10H2,1-3H3. The molecule has 1 saturated carbocycles. The molecule has 0 bridgehead atoms. The lowest BCUT2D eigenvalue weighted by molar-refractivity contribution is -0.235. The van der Waals surface area contributed by atoms with Crippen LogP contribution in [0, 0.1) is 5.41 Å². The van der Waals surface area contributed by atoms with Crippen LogP contribution in [0.5, 0.6) is 0 Å². The van der Waals surface area contributed by atoms with Gasteiger partial charge in [0, 0.05) is 25.0 Å². The van der Waals surface area contributed by atoms with Crippen LogP contribution in [0.2, 0.25) is 0 Å². The Morgan fingerprint density at radius 2 is 2.17 bits per heavy atom. The molecule has 3 heteroatoms. The summed E-state index contributed by atoms with van der Waals surface area (Å²) < 4.78 is 5.47. The van der Waals surface area contributed by atoms with Crippen LogP contribution < -0.4 is 5.73 Å². The van der Waals surface area contributed by atoms with Crippen molar-refractivity contribution in [1.82, 2.24) is 0 Å². The molecule has 0 amide bonds. The van der Waals surface area contributed by atoms with Crippen molar-refractivity contribution in [2.45, 2.75) is 38.9 Å². The van der Waals surface area contributed by atoms with E-state index in [1.54, 1.807) is 0 Å². The topological polar surface area (TPSA) is 55.5 Å². The molecule has 0 aromatic carbocycles. The van der Waals surface area contributed by atoms with Crippen molar-refractivity contribution in [3.05, 3.63) is 0 Å². The second-order valence-corrected chi connectivity index (χ2v) is 4.11. The predicted octanol–water partition coefficient (Wildman–Crippen LogP) is 0.511. The van der Waals surface area contributed by atoms with Crippen LogP contribution in [0.1, 0.15) is 27.2 Å². The van der Waals surface area contributed by atoms with Crippen LogP contribution in [-0.2, 0) is 4.74 Å². The van der Waals surface area contributed by atoms with Crippen LogP contribution in [-0.4, -0.2) is 30.0 Å². The van der Waals surface area contributed by atoms with Crippen molar-refractivity contribution in [3.63, 3.8) is 0 Å². The number of hydrogen-bond acceptors (Lipinski definition) is 3. The SMILES string of the molecule is CCOC1CC(O)(CN)C1(C)C. The number of nitrogens with two attached hydrogens (primary N) is 1. The van der Waals surface area contributed by atoms with Crippen LogP contribution in [0.4, 0.5) is 0 Å². The van der Waals surface area contributed by atoms with Gasteiger partial charge in [0.25, 0.3) is 0 Å². The van der Waals surface area contributed by atoms with Crippen LogP contribution in [0.25, 0.3) is 0 Å². The fraction of sp³-hybridized carbons (Fsp3) is 1.00. The summed E-state index contributed by atoms with van der Waals surface area (Å²) in [6, 6.07) is 0. The minimum atomic E-state index is -0.715. The summed E-state index contributed by atoms with van der Waals surface area (Å²) in [5, 5.41) is 9.94. The fourth-order valence-electron chi connectivity index (χ4n) is 1.81. The van der Waals surface area contributed by atoms with E-state index >= 15 is 0 Å². The van der Waals surface area contributed by atoms with Crippen molar-refractivity contribution in [1.29, 1.82) is 0 Å². The first kappa shape index (κ1) is 9.96. The maximum atomic E-state index is 9.94. The van der Waals surface area contributed by atoms with E-state index < -0.39 is 5.60 Å². The molecule has 2 unspecified atom stereocenters. The largest absolute Gasteiger partial charge is 0.388 e. The second kappa shape index (κ2) is 2.98. The normalized spacial score (nSPS) is 39.2. The molecule has 1 rings (SSSR count). The molecule has 1 aliphatic carbocycles.